The van der Waals surface area contributed by atoms with Crippen molar-refractivity contribution in [2.75, 3.05) is 7.05 Å². The van der Waals surface area contributed by atoms with E-state index in [1.165, 1.54) is 4.90 Å². The first kappa shape index (κ1) is 19.3. The van der Waals surface area contributed by atoms with Crippen LogP contribution in [0.15, 0.2) is 48.5 Å². The first-order chi connectivity index (χ1) is 13.3. The molecule has 6 heteroatoms. The van der Waals surface area contributed by atoms with E-state index in [-0.39, 0.29) is 18.4 Å². The van der Waals surface area contributed by atoms with Crippen LogP contribution in [-0.4, -0.2) is 40.6 Å². The van der Waals surface area contributed by atoms with E-state index in [1.807, 2.05) is 19.9 Å². The molecule has 0 spiro atoms. The molecule has 6 nitrogen and oxygen atoms in total. The standard InChI is InChI=1S/C22H21N3O3/c1-14(2)19(25-20(26)17-9-4-5-10-18(17)21(25)27)22(28)24(3)13-16-8-6-7-15(11-16)12-23/h4-11,14,19H,13H2,1-3H3. The minimum atomic E-state index is -0.892. The molecule has 0 radical (unpaired) electrons. The fourth-order valence-corrected chi connectivity index (χ4v) is 3.47. The Morgan fingerprint density at radius 1 is 1.07 bits per heavy atom. The summed E-state index contributed by atoms with van der Waals surface area (Å²) in [4.78, 5) is 41.4. The predicted octanol–water partition coefficient (Wildman–Crippen LogP) is 2.84. The molecule has 0 N–H and O–H groups in total. The molecule has 0 aliphatic carbocycles. The number of amides is 3. The third-order valence-corrected chi connectivity index (χ3v) is 4.84. The van der Waals surface area contributed by atoms with E-state index in [2.05, 4.69) is 6.07 Å². The number of nitrogens with zero attached hydrogens (tertiary/aromatic N) is 3. The molecule has 0 bridgehead atoms. The van der Waals surface area contributed by atoms with E-state index in [0.29, 0.717) is 16.7 Å². The summed E-state index contributed by atoms with van der Waals surface area (Å²) < 4.78 is 0. The fourth-order valence-electron chi connectivity index (χ4n) is 3.47. The Hall–Kier alpha value is -3.46. The maximum absolute atomic E-state index is 13.2. The van der Waals surface area contributed by atoms with Gasteiger partial charge in [-0.05, 0) is 35.7 Å². The summed E-state index contributed by atoms with van der Waals surface area (Å²) in [6.45, 7) is 3.91. The molecule has 1 aliphatic rings. The van der Waals surface area contributed by atoms with Gasteiger partial charge in [0.25, 0.3) is 11.8 Å². The molecule has 1 aliphatic heterocycles. The van der Waals surface area contributed by atoms with Gasteiger partial charge in [0.15, 0.2) is 0 Å². The molecule has 2 aromatic rings. The monoisotopic (exact) mass is 375 g/mol. The Morgan fingerprint density at radius 3 is 2.21 bits per heavy atom. The highest BCUT2D eigenvalue weighted by atomic mass is 16.2. The minimum absolute atomic E-state index is 0.248. The van der Waals surface area contributed by atoms with Crippen molar-refractivity contribution in [1.29, 1.82) is 5.26 Å². The molecule has 1 heterocycles. The average Bonchev–Trinajstić information content (AvgIpc) is 2.93. The quantitative estimate of drug-likeness (QED) is 0.753. The lowest BCUT2D eigenvalue weighted by Gasteiger charge is -2.32. The lowest BCUT2D eigenvalue weighted by molar-refractivity contribution is -0.136. The summed E-state index contributed by atoms with van der Waals surface area (Å²) in [5.41, 5.74) is 1.98. The van der Waals surface area contributed by atoms with Crippen molar-refractivity contribution in [3.05, 3.63) is 70.8 Å². The van der Waals surface area contributed by atoms with Crippen LogP contribution in [0.25, 0.3) is 0 Å². The lowest BCUT2D eigenvalue weighted by Crippen LogP contribution is -2.52. The fraction of sp³-hybridized carbons (Fsp3) is 0.273. The van der Waals surface area contributed by atoms with Gasteiger partial charge in [-0.15, -0.1) is 0 Å². The molecule has 142 valence electrons. The van der Waals surface area contributed by atoms with Gasteiger partial charge in [-0.1, -0.05) is 38.1 Å². The van der Waals surface area contributed by atoms with Crippen LogP contribution < -0.4 is 0 Å². The number of nitriles is 1. The Bertz CT molecular complexity index is 956. The van der Waals surface area contributed by atoms with E-state index in [1.54, 1.807) is 49.5 Å². The molecule has 0 saturated carbocycles. The Labute approximate surface area is 164 Å². The van der Waals surface area contributed by atoms with Crippen molar-refractivity contribution in [2.24, 2.45) is 5.92 Å². The first-order valence-corrected chi connectivity index (χ1v) is 9.06. The molecule has 28 heavy (non-hydrogen) atoms. The van der Waals surface area contributed by atoms with Gasteiger partial charge in [0, 0.05) is 13.6 Å². The zero-order valence-electron chi connectivity index (χ0n) is 16.0. The SMILES string of the molecule is CC(C)C(C(=O)N(C)Cc1cccc(C#N)c1)N1C(=O)c2ccccc2C1=O. The molecular formula is C22H21N3O3. The minimum Gasteiger partial charge on any atom is -0.340 e. The third kappa shape index (κ3) is 3.39. The number of fused-ring (bicyclic) bond motifs is 1. The molecule has 0 fully saturated rings. The zero-order valence-corrected chi connectivity index (χ0v) is 16.0. The van der Waals surface area contributed by atoms with Crippen molar-refractivity contribution < 1.29 is 14.4 Å². The Balaban J connectivity index is 1.86. The van der Waals surface area contributed by atoms with E-state index >= 15 is 0 Å². The van der Waals surface area contributed by atoms with Gasteiger partial charge in [0.05, 0.1) is 22.8 Å². The van der Waals surface area contributed by atoms with Gasteiger partial charge in [-0.3, -0.25) is 19.3 Å². The molecule has 0 aromatic heterocycles. The van der Waals surface area contributed by atoms with Gasteiger partial charge in [0.2, 0.25) is 5.91 Å². The second kappa shape index (κ2) is 7.65. The van der Waals surface area contributed by atoms with Crippen molar-refractivity contribution >= 4 is 17.7 Å². The van der Waals surface area contributed by atoms with E-state index < -0.39 is 17.9 Å². The number of likely N-dealkylation sites (N-methyl/N-ethyl adjacent to an activating group) is 1. The molecule has 3 rings (SSSR count). The normalized spacial score (nSPS) is 14.0. The largest absolute Gasteiger partial charge is 0.340 e. The predicted molar refractivity (Wildman–Crippen MR) is 103 cm³/mol. The number of imide groups is 1. The van der Waals surface area contributed by atoms with Crippen LogP contribution in [0.2, 0.25) is 0 Å². The number of carbonyl (C=O) groups is 3. The third-order valence-electron chi connectivity index (χ3n) is 4.84. The number of hydrogen-bond donors (Lipinski definition) is 0. The Morgan fingerprint density at radius 2 is 1.68 bits per heavy atom. The van der Waals surface area contributed by atoms with Gasteiger partial charge in [-0.25, -0.2) is 0 Å². The van der Waals surface area contributed by atoms with Crippen molar-refractivity contribution in [2.45, 2.75) is 26.4 Å². The van der Waals surface area contributed by atoms with E-state index in [0.717, 1.165) is 10.5 Å². The van der Waals surface area contributed by atoms with Crippen LogP contribution in [0.3, 0.4) is 0 Å². The topological polar surface area (TPSA) is 81.5 Å². The second-order valence-corrected chi connectivity index (χ2v) is 7.22. The van der Waals surface area contributed by atoms with Crippen LogP contribution in [0, 0.1) is 17.2 Å². The van der Waals surface area contributed by atoms with Crippen LogP contribution in [-0.2, 0) is 11.3 Å². The smallest absolute Gasteiger partial charge is 0.262 e. The maximum Gasteiger partial charge on any atom is 0.262 e. The highest BCUT2D eigenvalue weighted by molar-refractivity contribution is 6.22. The highest BCUT2D eigenvalue weighted by Crippen LogP contribution is 2.28. The summed E-state index contributed by atoms with van der Waals surface area (Å²) in [5.74, 6) is -1.44. The number of rotatable bonds is 5. The maximum atomic E-state index is 13.2. The number of benzene rings is 2. The first-order valence-electron chi connectivity index (χ1n) is 9.06. The van der Waals surface area contributed by atoms with Crippen LogP contribution in [0.1, 0.15) is 45.7 Å². The average molecular weight is 375 g/mol. The van der Waals surface area contributed by atoms with E-state index in [9.17, 15) is 14.4 Å². The molecule has 0 saturated heterocycles. The number of hydrogen-bond acceptors (Lipinski definition) is 4. The van der Waals surface area contributed by atoms with Crippen molar-refractivity contribution in [1.82, 2.24) is 9.80 Å². The summed E-state index contributed by atoms with van der Waals surface area (Å²) >= 11 is 0. The molecular weight excluding hydrogens is 354 g/mol. The molecule has 1 unspecified atom stereocenters. The van der Waals surface area contributed by atoms with Gasteiger partial charge >= 0.3 is 0 Å². The lowest BCUT2D eigenvalue weighted by atomic mass is 10.0. The molecule has 3 amide bonds. The summed E-state index contributed by atoms with van der Waals surface area (Å²) in [6.07, 6.45) is 0. The van der Waals surface area contributed by atoms with Gasteiger partial charge in [-0.2, -0.15) is 5.26 Å². The van der Waals surface area contributed by atoms with Crippen LogP contribution in [0.4, 0.5) is 0 Å². The molecule has 1 atom stereocenters. The van der Waals surface area contributed by atoms with E-state index in [4.69, 9.17) is 5.26 Å². The molecule has 2 aromatic carbocycles. The van der Waals surface area contributed by atoms with Crippen LogP contribution >= 0.6 is 0 Å². The zero-order chi connectivity index (χ0) is 20.4. The second-order valence-electron chi connectivity index (χ2n) is 7.22. The highest BCUT2D eigenvalue weighted by Gasteiger charge is 2.44. The number of carbonyl (C=O) groups excluding carboxylic acids is 3. The van der Waals surface area contributed by atoms with Gasteiger partial charge in [0.1, 0.15) is 6.04 Å². The summed E-state index contributed by atoms with van der Waals surface area (Å²) in [6, 6.07) is 14.8. The van der Waals surface area contributed by atoms with Gasteiger partial charge < -0.3 is 4.90 Å². The summed E-state index contributed by atoms with van der Waals surface area (Å²) in [7, 11) is 1.63. The summed E-state index contributed by atoms with van der Waals surface area (Å²) in [5, 5.41) is 9.04. The van der Waals surface area contributed by atoms with Crippen molar-refractivity contribution in [3.63, 3.8) is 0 Å². The Kier molecular flexibility index (Phi) is 5.27. The van der Waals surface area contributed by atoms with Crippen LogP contribution in [0.5, 0.6) is 0 Å². The van der Waals surface area contributed by atoms with Crippen molar-refractivity contribution in [3.8, 4) is 6.07 Å².